The first kappa shape index (κ1) is 14.7. The van der Waals surface area contributed by atoms with Gasteiger partial charge in [-0.3, -0.25) is 4.57 Å². The second-order valence-electron chi connectivity index (χ2n) is 3.39. The molecule has 0 aliphatic carbocycles. The smallest absolute Gasteiger partial charge is 0.305 e. The Hall–Kier alpha value is -1.40. The first-order valence-electron chi connectivity index (χ1n) is 5.72. The van der Waals surface area contributed by atoms with Crippen LogP contribution in [0.2, 0.25) is 0 Å². The highest BCUT2D eigenvalue weighted by Crippen LogP contribution is 2.56. The van der Waals surface area contributed by atoms with Crippen molar-refractivity contribution in [3.8, 4) is 6.07 Å². The van der Waals surface area contributed by atoms with Crippen LogP contribution < -0.4 is 0 Å². The van der Waals surface area contributed by atoms with Gasteiger partial charge in [0.25, 0.3) is 0 Å². The summed E-state index contributed by atoms with van der Waals surface area (Å²) in [5, 5.41) is 9.15. The predicted molar refractivity (Wildman–Crippen MR) is 70.9 cm³/mol. The lowest BCUT2D eigenvalue weighted by molar-refractivity contribution is 0.227. The van der Waals surface area contributed by atoms with Crippen molar-refractivity contribution in [2.24, 2.45) is 0 Å². The van der Waals surface area contributed by atoms with Crippen LogP contribution in [0.3, 0.4) is 0 Å². The lowest BCUT2D eigenvalue weighted by atomic mass is 10.2. The number of nitrogens with zero attached hydrogens (tertiary/aromatic N) is 1. The maximum absolute atomic E-state index is 12.4. The molecule has 0 aromatic heterocycles. The van der Waals surface area contributed by atoms with E-state index in [0.29, 0.717) is 0 Å². The SMILES string of the molecule is CCOP(=O)(OCC)/C(C#N)=C/c1ccccc1. The van der Waals surface area contributed by atoms with Gasteiger partial charge in [0.1, 0.15) is 11.4 Å². The van der Waals surface area contributed by atoms with Crippen LogP contribution in [-0.4, -0.2) is 13.2 Å². The molecule has 96 valence electrons. The lowest BCUT2D eigenvalue weighted by Gasteiger charge is -2.15. The molecule has 0 heterocycles. The molecular formula is C13H16NO3P. The van der Waals surface area contributed by atoms with E-state index in [1.807, 2.05) is 36.4 Å². The highest BCUT2D eigenvalue weighted by Gasteiger charge is 2.29. The van der Waals surface area contributed by atoms with Gasteiger partial charge in [-0.1, -0.05) is 30.3 Å². The van der Waals surface area contributed by atoms with Crippen LogP contribution in [0.1, 0.15) is 19.4 Å². The van der Waals surface area contributed by atoms with Crippen LogP contribution in [0.25, 0.3) is 6.08 Å². The van der Waals surface area contributed by atoms with Crippen molar-refractivity contribution >= 4 is 13.7 Å². The van der Waals surface area contributed by atoms with Crippen LogP contribution in [0.4, 0.5) is 0 Å². The Kier molecular flexibility index (Phi) is 5.80. The Morgan fingerprint density at radius 3 is 2.28 bits per heavy atom. The van der Waals surface area contributed by atoms with Gasteiger partial charge in [-0.25, -0.2) is 0 Å². The highest BCUT2D eigenvalue weighted by atomic mass is 31.2. The molecule has 0 fully saturated rings. The van der Waals surface area contributed by atoms with E-state index in [-0.39, 0.29) is 18.5 Å². The summed E-state index contributed by atoms with van der Waals surface area (Å²) in [6, 6.07) is 11.1. The molecule has 4 nitrogen and oxygen atoms in total. The average Bonchev–Trinajstić information content (AvgIpc) is 2.37. The molecule has 0 spiro atoms. The maximum Gasteiger partial charge on any atom is 0.371 e. The number of allylic oxidation sites excluding steroid dienone is 1. The monoisotopic (exact) mass is 265 g/mol. The molecule has 0 aliphatic rings. The second-order valence-corrected chi connectivity index (χ2v) is 5.38. The molecule has 0 unspecified atom stereocenters. The fourth-order valence-electron chi connectivity index (χ4n) is 1.40. The van der Waals surface area contributed by atoms with Crippen molar-refractivity contribution in [1.82, 2.24) is 0 Å². The molecule has 0 saturated carbocycles. The summed E-state index contributed by atoms with van der Waals surface area (Å²) < 4.78 is 22.7. The molecule has 0 N–H and O–H groups in total. The van der Waals surface area contributed by atoms with Gasteiger partial charge in [0.15, 0.2) is 0 Å². The van der Waals surface area contributed by atoms with Crippen molar-refractivity contribution in [2.45, 2.75) is 13.8 Å². The van der Waals surface area contributed by atoms with E-state index in [0.717, 1.165) is 5.56 Å². The molecule has 0 atom stereocenters. The van der Waals surface area contributed by atoms with E-state index in [4.69, 9.17) is 14.3 Å². The normalized spacial score (nSPS) is 12.2. The molecule has 0 saturated heterocycles. The first-order valence-corrected chi connectivity index (χ1v) is 7.27. The molecule has 0 bridgehead atoms. The molecular weight excluding hydrogens is 249 g/mol. The molecule has 1 aromatic carbocycles. The quantitative estimate of drug-likeness (QED) is 0.579. The van der Waals surface area contributed by atoms with Crippen LogP contribution in [0.15, 0.2) is 35.6 Å². The zero-order valence-corrected chi connectivity index (χ0v) is 11.4. The van der Waals surface area contributed by atoms with E-state index in [1.54, 1.807) is 13.8 Å². The number of benzene rings is 1. The van der Waals surface area contributed by atoms with Gasteiger partial charge in [-0.05, 0) is 25.5 Å². The summed E-state index contributed by atoms with van der Waals surface area (Å²) in [6.45, 7) is 3.88. The van der Waals surface area contributed by atoms with Gasteiger partial charge in [-0.2, -0.15) is 5.26 Å². The van der Waals surface area contributed by atoms with Crippen LogP contribution in [0, 0.1) is 11.3 Å². The predicted octanol–water partition coefficient (Wildman–Crippen LogP) is 3.82. The summed E-state index contributed by atoms with van der Waals surface area (Å²) in [4.78, 5) is 0. The molecule has 18 heavy (non-hydrogen) atoms. The summed E-state index contributed by atoms with van der Waals surface area (Å²) in [5.41, 5.74) is 0.786. The lowest BCUT2D eigenvalue weighted by Crippen LogP contribution is -1.97. The average molecular weight is 265 g/mol. The minimum absolute atomic E-state index is 0.0254. The Morgan fingerprint density at radius 1 is 1.28 bits per heavy atom. The van der Waals surface area contributed by atoms with Gasteiger partial charge in [0.05, 0.1) is 13.2 Å². The number of rotatable bonds is 6. The maximum atomic E-state index is 12.4. The fraction of sp³-hybridized carbons (Fsp3) is 0.308. The van der Waals surface area contributed by atoms with Gasteiger partial charge in [-0.15, -0.1) is 0 Å². The third-order valence-corrected chi connectivity index (χ3v) is 4.13. The minimum atomic E-state index is -3.49. The number of nitriles is 1. The standard InChI is InChI=1S/C13H16NO3P/c1-3-16-18(15,17-4-2)13(11-14)10-12-8-6-5-7-9-12/h5-10H,3-4H2,1-2H3/b13-10+. The molecule has 5 heteroatoms. The summed E-state index contributed by atoms with van der Waals surface area (Å²) in [5.74, 6) is 0. The van der Waals surface area contributed by atoms with Crippen molar-refractivity contribution < 1.29 is 13.6 Å². The van der Waals surface area contributed by atoms with E-state index in [9.17, 15) is 4.57 Å². The van der Waals surface area contributed by atoms with E-state index >= 15 is 0 Å². The Morgan fingerprint density at radius 2 is 1.83 bits per heavy atom. The zero-order chi connectivity index (χ0) is 13.4. The topological polar surface area (TPSA) is 59.3 Å². The Balaban J connectivity index is 3.12. The van der Waals surface area contributed by atoms with Crippen molar-refractivity contribution in [1.29, 1.82) is 5.26 Å². The zero-order valence-electron chi connectivity index (χ0n) is 10.5. The van der Waals surface area contributed by atoms with Crippen molar-refractivity contribution in [3.05, 3.63) is 41.2 Å². The third kappa shape index (κ3) is 3.82. The fourth-order valence-corrected chi connectivity index (χ4v) is 2.86. The van der Waals surface area contributed by atoms with E-state index < -0.39 is 7.60 Å². The second kappa shape index (κ2) is 7.13. The van der Waals surface area contributed by atoms with Crippen molar-refractivity contribution in [3.63, 3.8) is 0 Å². The molecule has 0 radical (unpaired) electrons. The molecule has 1 rings (SSSR count). The van der Waals surface area contributed by atoms with Gasteiger partial charge >= 0.3 is 7.60 Å². The van der Waals surface area contributed by atoms with Gasteiger partial charge in [0, 0.05) is 0 Å². The number of hydrogen-bond acceptors (Lipinski definition) is 4. The number of hydrogen-bond donors (Lipinski definition) is 0. The van der Waals surface area contributed by atoms with Gasteiger partial charge < -0.3 is 9.05 Å². The molecule has 0 aliphatic heterocycles. The minimum Gasteiger partial charge on any atom is -0.305 e. The molecule has 0 amide bonds. The van der Waals surface area contributed by atoms with E-state index in [2.05, 4.69) is 0 Å². The van der Waals surface area contributed by atoms with E-state index in [1.165, 1.54) is 6.08 Å². The van der Waals surface area contributed by atoms with Crippen LogP contribution >= 0.6 is 7.60 Å². The summed E-state index contributed by atoms with van der Waals surface area (Å²) in [7, 11) is -3.49. The Labute approximate surface area is 107 Å². The highest BCUT2D eigenvalue weighted by molar-refractivity contribution is 7.59. The van der Waals surface area contributed by atoms with Gasteiger partial charge in [0.2, 0.25) is 0 Å². The molecule has 1 aromatic rings. The largest absolute Gasteiger partial charge is 0.371 e. The van der Waals surface area contributed by atoms with Crippen molar-refractivity contribution in [2.75, 3.05) is 13.2 Å². The van der Waals surface area contributed by atoms with Crippen LogP contribution in [0.5, 0.6) is 0 Å². The third-order valence-electron chi connectivity index (χ3n) is 2.11. The summed E-state index contributed by atoms with van der Waals surface area (Å²) in [6.07, 6.45) is 1.53. The Bertz CT molecular complexity index is 481. The van der Waals surface area contributed by atoms with Crippen LogP contribution in [-0.2, 0) is 13.6 Å². The first-order chi connectivity index (χ1) is 8.66. The summed E-state index contributed by atoms with van der Waals surface area (Å²) >= 11 is 0.